The standard InChI is InChI=1S/C12H16BrNO/c1-12(15)8-14-7-10(12)6-9-2-4-11(13)5-3-9/h2-5,10,14-15H,6-8H2,1H3. The first-order valence-corrected chi connectivity index (χ1v) is 6.05. The maximum Gasteiger partial charge on any atom is 0.0786 e. The lowest BCUT2D eigenvalue weighted by atomic mass is 9.87. The number of β-amino-alcohol motifs (C(OH)–C–C–N with tert-alkyl or cyclic N) is 1. The van der Waals surface area contributed by atoms with E-state index in [4.69, 9.17) is 0 Å². The molecule has 0 saturated carbocycles. The van der Waals surface area contributed by atoms with Gasteiger partial charge in [-0.3, -0.25) is 0 Å². The van der Waals surface area contributed by atoms with Gasteiger partial charge in [-0.1, -0.05) is 28.1 Å². The highest BCUT2D eigenvalue weighted by Gasteiger charge is 2.36. The Labute approximate surface area is 98.8 Å². The summed E-state index contributed by atoms with van der Waals surface area (Å²) in [6.45, 7) is 3.52. The second kappa shape index (κ2) is 4.24. The monoisotopic (exact) mass is 269 g/mol. The van der Waals surface area contributed by atoms with E-state index in [1.165, 1.54) is 5.56 Å². The first-order valence-electron chi connectivity index (χ1n) is 5.25. The van der Waals surface area contributed by atoms with Gasteiger partial charge in [0, 0.05) is 23.5 Å². The van der Waals surface area contributed by atoms with Crippen molar-refractivity contribution in [3.05, 3.63) is 34.3 Å². The Kier molecular flexibility index (Phi) is 3.14. The van der Waals surface area contributed by atoms with E-state index in [0.29, 0.717) is 12.5 Å². The van der Waals surface area contributed by atoms with Crippen molar-refractivity contribution in [2.24, 2.45) is 5.92 Å². The average Bonchev–Trinajstić information content (AvgIpc) is 2.50. The van der Waals surface area contributed by atoms with E-state index in [1.807, 2.05) is 19.1 Å². The summed E-state index contributed by atoms with van der Waals surface area (Å²) in [6, 6.07) is 8.32. The van der Waals surface area contributed by atoms with Crippen LogP contribution in [0.25, 0.3) is 0 Å². The number of halogens is 1. The van der Waals surface area contributed by atoms with Crippen molar-refractivity contribution in [3.8, 4) is 0 Å². The minimum Gasteiger partial charge on any atom is -0.389 e. The van der Waals surface area contributed by atoms with Gasteiger partial charge in [0.25, 0.3) is 0 Å². The maximum absolute atomic E-state index is 10.1. The van der Waals surface area contributed by atoms with E-state index in [1.54, 1.807) is 0 Å². The third-order valence-corrected chi connectivity index (χ3v) is 3.68. The number of hydrogen-bond acceptors (Lipinski definition) is 2. The predicted octanol–water partition coefficient (Wildman–Crippen LogP) is 1.96. The van der Waals surface area contributed by atoms with E-state index in [9.17, 15) is 5.11 Å². The molecule has 15 heavy (non-hydrogen) atoms. The van der Waals surface area contributed by atoms with Crippen LogP contribution in [0.4, 0.5) is 0 Å². The van der Waals surface area contributed by atoms with Crippen LogP contribution in [-0.2, 0) is 6.42 Å². The summed E-state index contributed by atoms with van der Waals surface area (Å²) in [4.78, 5) is 0. The fourth-order valence-electron chi connectivity index (χ4n) is 2.06. The molecule has 1 saturated heterocycles. The molecule has 0 aromatic heterocycles. The Morgan fingerprint density at radius 1 is 1.47 bits per heavy atom. The lowest BCUT2D eigenvalue weighted by Crippen LogP contribution is -2.34. The quantitative estimate of drug-likeness (QED) is 0.861. The zero-order chi connectivity index (χ0) is 10.9. The molecule has 0 radical (unpaired) electrons. The summed E-state index contributed by atoms with van der Waals surface area (Å²) in [7, 11) is 0. The third-order valence-electron chi connectivity index (χ3n) is 3.15. The molecule has 1 fully saturated rings. The molecule has 0 amide bonds. The minimum absolute atomic E-state index is 0.318. The zero-order valence-electron chi connectivity index (χ0n) is 8.83. The van der Waals surface area contributed by atoms with E-state index in [2.05, 4.69) is 33.4 Å². The summed E-state index contributed by atoms with van der Waals surface area (Å²) >= 11 is 3.42. The summed E-state index contributed by atoms with van der Waals surface area (Å²) in [6.07, 6.45) is 0.938. The largest absolute Gasteiger partial charge is 0.389 e. The van der Waals surface area contributed by atoms with E-state index >= 15 is 0 Å². The Morgan fingerprint density at radius 2 is 2.13 bits per heavy atom. The molecule has 2 nitrogen and oxygen atoms in total. The van der Waals surface area contributed by atoms with Gasteiger partial charge in [-0.25, -0.2) is 0 Å². The molecule has 3 heteroatoms. The molecule has 2 rings (SSSR count). The molecule has 2 N–H and O–H groups in total. The Bertz CT molecular complexity index is 334. The van der Waals surface area contributed by atoms with Gasteiger partial charge in [0.05, 0.1) is 5.60 Å². The molecule has 1 aromatic carbocycles. The Hall–Kier alpha value is -0.380. The minimum atomic E-state index is -0.562. The van der Waals surface area contributed by atoms with Crippen LogP contribution < -0.4 is 5.32 Å². The van der Waals surface area contributed by atoms with Crippen LogP contribution in [0.1, 0.15) is 12.5 Å². The normalized spacial score (nSPS) is 30.7. The van der Waals surface area contributed by atoms with Crippen molar-refractivity contribution in [2.45, 2.75) is 18.9 Å². The van der Waals surface area contributed by atoms with Crippen molar-refractivity contribution < 1.29 is 5.11 Å². The van der Waals surface area contributed by atoms with Crippen molar-refractivity contribution >= 4 is 15.9 Å². The van der Waals surface area contributed by atoms with Crippen LogP contribution in [0.3, 0.4) is 0 Å². The molecule has 0 aliphatic carbocycles. The van der Waals surface area contributed by atoms with E-state index in [0.717, 1.165) is 17.4 Å². The summed E-state index contributed by atoms with van der Waals surface area (Å²) in [5, 5.41) is 13.3. The van der Waals surface area contributed by atoms with Crippen LogP contribution in [0.15, 0.2) is 28.7 Å². The number of hydrogen-bond donors (Lipinski definition) is 2. The van der Waals surface area contributed by atoms with Crippen molar-refractivity contribution in [2.75, 3.05) is 13.1 Å². The van der Waals surface area contributed by atoms with Crippen LogP contribution in [0, 0.1) is 5.92 Å². The fourth-order valence-corrected chi connectivity index (χ4v) is 2.33. The molecular weight excluding hydrogens is 254 g/mol. The highest BCUT2D eigenvalue weighted by Crippen LogP contribution is 2.25. The number of benzene rings is 1. The first kappa shape index (κ1) is 11.1. The molecular formula is C12H16BrNO. The molecule has 82 valence electrons. The van der Waals surface area contributed by atoms with Gasteiger partial charge in [0.2, 0.25) is 0 Å². The number of aliphatic hydroxyl groups is 1. The number of nitrogens with one attached hydrogen (secondary N) is 1. The van der Waals surface area contributed by atoms with Gasteiger partial charge in [-0.2, -0.15) is 0 Å². The van der Waals surface area contributed by atoms with Crippen LogP contribution >= 0.6 is 15.9 Å². The van der Waals surface area contributed by atoms with Gasteiger partial charge in [-0.05, 0) is 31.0 Å². The van der Waals surface area contributed by atoms with Crippen LogP contribution in [0.2, 0.25) is 0 Å². The molecule has 1 aliphatic heterocycles. The van der Waals surface area contributed by atoms with Gasteiger partial charge < -0.3 is 10.4 Å². The summed E-state index contributed by atoms with van der Waals surface area (Å²) in [5.74, 6) is 0.318. The predicted molar refractivity (Wildman–Crippen MR) is 64.8 cm³/mol. The van der Waals surface area contributed by atoms with Crippen LogP contribution in [-0.4, -0.2) is 23.8 Å². The average molecular weight is 270 g/mol. The van der Waals surface area contributed by atoms with Gasteiger partial charge in [0.15, 0.2) is 0 Å². The summed E-state index contributed by atoms with van der Waals surface area (Å²) < 4.78 is 1.10. The zero-order valence-corrected chi connectivity index (χ0v) is 10.4. The maximum atomic E-state index is 10.1. The lowest BCUT2D eigenvalue weighted by molar-refractivity contribution is 0.0363. The summed E-state index contributed by atoms with van der Waals surface area (Å²) in [5.41, 5.74) is 0.722. The van der Waals surface area contributed by atoms with Crippen molar-refractivity contribution in [1.82, 2.24) is 5.32 Å². The molecule has 1 aromatic rings. The molecule has 1 aliphatic rings. The van der Waals surface area contributed by atoms with Gasteiger partial charge >= 0.3 is 0 Å². The second-order valence-electron chi connectivity index (χ2n) is 4.52. The lowest BCUT2D eigenvalue weighted by Gasteiger charge is -2.24. The van der Waals surface area contributed by atoms with Crippen molar-refractivity contribution in [1.29, 1.82) is 0 Å². The second-order valence-corrected chi connectivity index (χ2v) is 5.43. The highest BCUT2D eigenvalue weighted by atomic mass is 79.9. The molecule has 2 atom stereocenters. The third kappa shape index (κ3) is 2.60. The Balaban J connectivity index is 2.06. The molecule has 1 heterocycles. The van der Waals surface area contributed by atoms with Crippen molar-refractivity contribution in [3.63, 3.8) is 0 Å². The fraction of sp³-hybridized carbons (Fsp3) is 0.500. The molecule has 2 unspecified atom stereocenters. The van der Waals surface area contributed by atoms with Crippen LogP contribution in [0.5, 0.6) is 0 Å². The van der Waals surface area contributed by atoms with E-state index in [-0.39, 0.29) is 0 Å². The molecule has 0 bridgehead atoms. The Morgan fingerprint density at radius 3 is 2.67 bits per heavy atom. The van der Waals surface area contributed by atoms with Gasteiger partial charge in [0.1, 0.15) is 0 Å². The topological polar surface area (TPSA) is 32.3 Å². The SMILES string of the molecule is CC1(O)CNCC1Cc1ccc(Br)cc1. The van der Waals surface area contributed by atoms with Gasteiger partial charge in [-0.15, -0.1) is 0 Å². The first-order chi connectivity index (χ1) is 7.08. The number of rotatable bonds is 2. The van der Waals surface area contributed by atoms with E-state index < -0.39 is 5.60 Å². The molecule has 0 spiro atoms. The highest BCUT2D eigenvalue weighted by molar-refractivity contribution is 9.10. The smallest absolute Gasteiger partial charge is 0.0786 e.